The van der Waals surface area contributed by atoms with Crippen LogP contribution in [0.2, 0.25) is 0 Å². The Labute approximate surface area is 180 Å². The molecule has 0 aliphatic heterocycles. The number of halogens is 2. The zero-order valence-electron chi connectivity index (χ0n) is 17.8. The van der Waals surface area contributed by atoms with Crippen LogP contribution in [-0.4, -0.2) is 15.4 Å². The predicted molar refractivity (Wildman–Crippen MR) is 113 cm³/mol. The molecule has 0 atom stereocenters. The van der Waals surface area contributed by atoms with E-state index in [9.17, 15) is 13.6 Å². The lowest BCUT2D eigenvalue weighted by Crippen LogP contribution is -2.06. The molecule has 0 spiro atoms. The van der Waals surface area contributed by atoms with Crippen LogP contribution in [0.4, 0.5) is 8.78 Å². The molecule has 0 fully saturated rings. The van der Waals surface area contributed by atoms with E-state index in [1.807, 2.05) is 13.0 Å². The summed E-state index contributed by atoms with van der Waals surface area (Å²) in [5.41, 5.74) is 2.44. The van der Waals surface area contributed by atoms with Crippen LogP contribution in [0.15, 0.2) is 30.3 Å². The number of aryl methyl sites for hydroxylation is 2. The van der Waals surface area contributed by atoms with Crippen molar-refractivity contribution in [2.24, 2.45) is 0 Å². The monoisotopic (exact) mass is 425 g/mol. The van der Waals surface area contributed by atoms with E-state index in [0.717, 1.165) is 31.2 Å². The van der Waals surface area contributed by atoms with Gasteiger partial charge in [0, 0.05) is 18.9 Å². The van der Waals surface area contributed by atoms with Gasteiger partial charge in [0.2, 0.25) is 5.88 Å². The maximum absolute atomic E-state index is 13.9. The number of unbranched alkanes of at least 4 members (excludes halogenated alkanes) is 4. The van der Waals surface area contributed by atoms with Crippen molar-refractivity contribution in [3.8, 4) is 11.9 Å². The van der Waals surface area contributed by atoms with E-state index in [4.69, 9.17) is 10.00 Å². The van der Waals surface area contributed by atoms with Crippen LogP contribution in [0.1, 0.15) is 65.7 Å². The summed E-state index contributed by atoms with van der Waals surface area (Å²) in [4.78, 5) is 12.9. The number of hydrogen-bond acceptors (Lipinski definition) is 4. The van der Waals surface area contributed by atoms with Gasteiger partial charge >= 0.3 is 0 Å². The molecule has 31 heavy (non-hydrogen) atoms. The molecule has 2 aromatic heterocycles. The molecule has 0 aliphatic carbocycles. The number of hydrogen-bond donors (Lipinski definition) is 0. The first-order valence-corrected chi connectivity index (χ1v) is 10.4. The Morgan fingerprint density at radius 1 is 1.13 bits per heavy atom. The fourth-order valence-electron chi connectivity index (χ4n) is 3.59. The van der Waals surface area contributed by atoms with Gasteiger partial charge in [-0.15, -0.1) is 0 Å². The number of benzene rings is 1. The maximum Gasteiger partial charge on any atom is 0.215 e. The zero-order chi connectivity index (χ0) is 22.4. The van der Waals surface area contributed by atoms with Crippen molar-refractivity contribution >= 4 is 11.3 Å². The largest absolute Gasteiger partial charge is 0.473 e. The lowest BCUT2D eigenvalue weighted by Gasteiger charge is -2.11. The Morgan fingerprint density at radius 2 is 1.84 bits per heavy atom. The minimum Gasteiger partial charge on any atom is -0.473 e. The van der Waals surface area contributed by atoms with Gasteiger partial charge in [0.15, 0.2) is 5.78 Å². The third-order valence-corrected chi connectivity index (χ3v) is 5.17. The number of fused-ring (bicyclic) bond motifs is 1. The predicted octanol–water partition coefficient (Wildman–Crippen LogP) is 5.86. The summed E-state index contributed by atoms with van der Waals surface area (Å²) < 4.78 is 35.1. The first-order valence-electron chi connectivity index (χ1n) is 10.4. The SMILES string of the molecule is Cc1cc(OCc2c(F)cccc2F)n2nc(C)c(C(=O)CCCCCCC#N)c2c1. The third kappa shape index (κ3) is 5.26. The highest BCUT2D eigenvalue weighted by Crippen LogP contribution is 2.26. The molecular formula is C24H25F2N3O2. The van der Waals surface area contributed by atoms with Crippen molar-refractivity contribution in [2.45, 2.75) is 59.0 Å². The quantitative estimate of drug-likeness (QED) is 0.302. The summed E-state index contributed by atoms with van der Waals surface area (Å²) in [6, 6.07) is 9.37. The van der Waals surface area contributed by atoms with Crippen LogP contribution in [-0.2, 0) is 6.61 Å². The molecule has 0 N–H and O–H groups in total. The fourth-order valence-corrected chi connectivity index (χ4v) is 3.59. The van der Waals surface area contributed by atoms with E-state index in [1.54, 1.807) is 13.0 Å². The van der Waals surface area contributed by atoms with E-state index >= 15 is 0 Å². The van der Waals surface area contributed by atoms with Gasteiger partial charge in [-0.05, 0) is 50.5 Å². The van der Waals surface area contributed by atoms with Crippen molar-refractivity contribution in [1.82, 2.24) is 9.61 Å². The molecular weight excluding hydrogens is 400 g/mol. The normalized spacial score (nSPS) is 10.9. The molecule has 7 heteroatoms. The van der Waals surface area contributed by atoms with Gasteiger partial charge in [-0.1, -0.05) is 18.9 Å². The van der Waals surface area contributed by atoms with Crippen molar-refractivity contribution in [3.63, 3.8) is 0 Å². The Kier molecular flexibility index (Phi) is 7.35. The van der Waals surface area contributed by atoms with E-state index in [2.05, 4.69) is 11.2 Å². The minimum absolute atomic E-state index is 0.00415. The summed E-state index contributed by atoms with van der Waals surface area (Å²) in [5.74, 6) is -1.03. The molecule has 3 rings (SSSR count). The van der Waals surface area contributed by atoms with Crippen LogP contribution >= 0.6 is 0 Å². The highest BCUT2D eigenvalue weighted by Gasteiger charge is 2.20. The Balaban J connectivity index is 1.79. The van der Waals surface area contributed by atoms with Gasteiger partial charge in [0.25, 0.3) is 0 Å². The van der Waals surface area contributed by atoms with E-state index in [1.165, 1.54) is 22.7 Å². The Morgan fingerprint density at radius 3 is 2.55 bits per heavy atom. The number of nitrogens with zero attached hydrogens (tertiary/aromatic N) is 3. The number of ether oxygens (including phenoxy) is 1. The molecule has 162 valence electrons. The van der Waals surface area contributed by atoms with Gasteiger partial charge in [0.05, 0.1) is 28.4 Å². The molecule has 3 aromatic rings. The molecule has 0 bridgehead atoms. The lowest BCUT2D eigenvalue weighted by molar-refractivity contribution is 0.0980. The maximum atomic E-state index is 13.9. The minimum atomic E-state index is -0.675. The molecule has 0 saturated carbocycles. The topological polar surface area (TPSA) is 67.4 Å². The molecule has 2 heterocycles. The molecule has 0 aliphatic rings. The molecule has 0 amide bonds. The first-order chi connectivity index (χ1) is 14.9. The summed E-state index contributed by atoms with van der Waals surface area (Å²) >= 11 is 0. The number of rotatable bonds is 10. The van der Waals surface area contributed by atoms with Crippen LogP contribution in [0.5, 0.6) is 5.88 Å². The Hall–Kier alpha value is -3.27. The smallest absolute Gasteiger partial charge is 0.215 e. The van der Waals surface area contributed by atoms with E-state index in [0.29, 0.717) is 35.5 Å². The Bertz CT molecular complexity index is 1110. The summed E-state index contributed by atoms with van der Waals surface area (Å²) in [5, 5.41) is 13.0. The van der Waals surface area contributed by atoms with Gasteiger partial charge in [-0.25, -0.2) is 13.3 Å². The zero-order valence-corrected chi connectivity index (χ0v) is 17.8. The summed E-state index contributed by atoms with van der Waals surface area (Å²) in [7, 11) is 0. The van der Waals surface area contributed by atoms with Gasteiger partial charge in [0.1, 0.15) is 18.2 Å². The number of aromatic nitrogens is 2. The van der Waals surface area contributed by atoms with Crippen molar-refractivity contribution in [1.29, 1.82) is 5.26 Å². The van der Waals surface area contributed by atoms with Crippen molar-refractivity contribution < 1.29 is 18.3 Å². The van der Waals surface area contributed by atoms with Crippen LogP contribution in [0.25, 0.3) is 5.52 Å². The molecule has 0 saturated heterocycles. The number of pyridine rings is 1. The van der Waals surface area contributed by atoms with Crippen LogP contribution in [0, 0.1) is 36.8 Å². The van der Waals surface area contributed by atoms with Gasteiger partial charge < -0.3 is 4.74 Å². The van der Waals surface area contributed by atoms with Gasteiger partial charge in [-0.2, -0.15) is 10.4 Å². The van der Waals surface area contributed by atoms with Crippen molar-refractivity contribution in [2.75, 3.05) is 0 Å². The highest BCUT2D eigenvalue weighted by atomic mass is 19.1. The number of carbonyl (C=O) groups is 1. The molecule has 0 unspecified atom stereocenters. The number of nitriles is 1. The van der Waals surface area contributed by atoms with E-state index < -0.39 is 11.6 Å². The van der Waals surface area contributed by atoms with Gasteiger partial charge in [-0.3, -0.25) is 4.79 Å². The van der Waals surface area contributed by atoms with Crippen molar-refractivity contribution in [3.05, 3.63) is 64.4 Å². The lowest BCUT2D eigenvalue weighted by atomic mass is 10.0. The number of Topliss-reactive ketones (excluding diaryl/α,β-unsaturated/α-hetero) is 1. The molecule has 1 aromatic carbocycles. The average Bonchev–Trinajstić information content (AvgIpc) is 3.05. The standard InChI is InChI=1S/C24H25F2N3O2/c1-16-13-21-24(22(30)11-6-4-3-5-7-12-27)17(2)28-29(21)23(14-16)31-15-18-19(25)9-8-10-20(18)26/h8-10,13-14H,3-7,11,15H2,1-2H3. The highest BCUT2D eigenvalue weighted by molar-refractivity contribution is 6.03. The average molecular weight is 425 g/mol. The number of carbonyl (C=O) groups excluding carboxylic acids is 1. The summed E-state index contributed by atoms with van der Waals surface area (Å²) in [6.45, 7) is 3.34. The fraction of sp³-hybridized carbons (Fsp3) is 0.375. The van der Waals surface area contributed by atoms with E-state index in [-0.39, 0.29) is 18.0 Å². The second kappa shape index (κ2) is 10.2. The van der Waals surface area contributed by atoms with Crippen LogP contribution in [0.3, 0.4) is 0 Å². The summed E-state index contributed by atoms with van der Waals surface area (Å²) in [6.07, 6.45) is 4.37. The second-order valence-electron chi connectivity index (χ2n) is 7.61. The third-order valence-electron chi connectivity index (χ3n) is 5.17. The second-order valence-corrected chi connectivity index (χ2v) is 7.61. The molecule has 0 radical (unpaired) electrons. The molecule has 5 nitrogen and oxygen atoms in total. The first kappa shape index (κ1) is 22.4. The number of ketones is 1. The van der Waals surface area contributed by atoms with Crippen LogP contribution < -0.4 is 4.74 Å².